The molecule has 0 saturated carbocycles. The fraction of sp³-hybridized carbons (Fsp3) is 0.375. The van der Waals surface area contributed by atoms with E-state index in [1.165, 1.54) is 11.3 Å². The number of aromatic nitrogens is 2. The number of amides is 1. The smallest absolute Gasteiger partial charge is 0.230 e. The Morgan fingerprint density at radius 2 is 2.03 bits per heavy atom. The van der Waals surface area contributed by atoms with E-state index in [0.717, 1.165) is 61.5 Å². The molecule has 2 aromatic heterocycles. The van der Waals surface area contributed by atoms with Crippen molar-refractivity contribution < 1.29 is 14.6 Å². The van der Waals surface area contributed by atoms with Crippen molar-refractivity contribution >= 4 is 22.4 Å². The van der Waals surface area contributed by atoms with Gasteiger partial charge in [-0.05, 0) is 49.1 Å². The highest BCUT2D eigenvalue weighted by molar-refractivity contribution is 7.14. The number of ether oxygens (including phenoxy) is 1. The summed E-state index contributed by atoms with van der Waals surface area (Å²) in [6.07, 6.45) is 6.22. The van der Waals surface area contributed by atoms with Gasteiger partial charge >= 0.3 is 0 Å². The molecular formula is C24H28N4O3S. The number of aliphatic hydroxyl groups excluding tert-OH is 1. The zero-order valence-corrected chi connectivity index (χ0v) is 18.8. The van der Waals surface area contributed by atoms with E-state index in [2.05, 4.69) is 20.2 Å². The Morgan fingerprint density at radius 1 is 1.22 bits per heavy atom. The van der Waals surface area contributed by atoms with Crippen LogP contribution in [0.1, 0.15) is 24.8 Å². The molecule has 0 unspecified atom stereocenters. The number of carbonyl (C=O) groups excluding carboxylic acids is 1. The summed E-state index contributed by atoms with van der Waals surface area (Å²) in [4.78, 5) is 23.4. The number of likely N-dealkylation sites (tertiary alicyclic amines) is 1. The van der Waals surface area contributed by atoms with E-state index in [0.29, 0.717) is 11.7 Å². The number of aliphatic hydroxyl groups is 1. The maximum absolute atomic E-state index is 12.5. The van der Waals surface area contributed by atoms with Gasteiger partial charge in [0.2, 0.25) is 5.91 Å². The quantitative estimate of drug-likeness (QED) is 0.482. The number of thiazole rings is 1. The highest BCUT2D eigenvalue weighted by Gasteiger charge is 2.16. The number of hydrogen-bond donors (Lipinski definition) is 2. The fourth-order valence-electron chi connectivity index (χ4n) is 3.70. The molecule has 3 aromatic rings. The zero-order chi connectivity index (χ0) is 22.2. The second-order valence-corrected chi connectivity index (χ2v) is 8.78. The molecule has 0 aliphatic carbocycles. The van der Waals surface area contributed by atoms with Gasteiger partial charge in [0.1, 0.15) is 5.75 Å². The van der Waals surface area contributed by atoms with E-state index in [9.17, 15) is 9.90 Å². The van der Waals surface area contributed by atoms with Gasteiger partial charge in [0.05, 0.1) is 24.8 Å². The van der Waals surface area contributed by atoms with E-state index in [-0.39, 0.29) is 18.4 Å². The maximum atomic E-state index is 12.5. The number of anilines is 1. The van der Waals surface area contributed by atoms with Gasteiger partial charge in [0.15, 0.2) is 5.13 Å². The van der Waals surface area contributed by atoms with Gasteiger partial charge in [-0.3, -0.25) is 9.78 Å². The van der Waals surface area contributed by atoms with Crippen molar-refractivity contribution in [1.82, 2.24) is 14.9 Å². The molecule has 3 heterocycles. The lowest BCUT2D eigenvalue weighted by Crippen LogP contribution is -2.36. The van der Waals surface area contributed by atoms with Crippen LogP contribution in [-0.2, 0) is 11.2 Å². The molecule has 1 aromatic carbocycles. The SMILES string of the molecule is O=C(Cc1cccc(OCCCN2CCC(O)CC2)c1)Nc1nc(-c2ccncc2)cs1. The molecule has 1 fully saturated rings. The fourth-order valence-corrected chi connectivity index (χ4v) is 4.44. The average Bonchev–Trinajstić information content (AvgIpc) is 3.27. The van der Waals surface area contributed by atoms with Crippen LogP contribution in [-0.4, -0.2) is 58.2 Å². The Labute approximate surface area is 192 Å². The summed E-state index contributed by atoms with van der Waals surface area (Å²) >= 11 is 1.41. The zero-order valence-electron chi connectivity index (χ0n) is 17.9. The number of piperidine rings is 1. The van der Waals surface area contributed by atoms with Crippen LogP contribution in [0.15, 0.2) is 54.2 Å². The summed E-state index contributed by atoms with van der Waals surface area (Å²) in [7, 11) is 0. The standard InChI is InChI=1S/C24H28N4O3S/c29-20-7-12-28(13-8-20)11-2-14-31-21-4-1-3-18(15-21)16-23(30)27-24-26-22(17-32-24)19-5-9-25-10-6-19/h1,3-6,9-10,15,17,20,29H,2,7-8,11-14,16H2,(H,26,27,30). The van der Waals surface area contributed by atoms with Gasteiger partial charge in [-0.2, -0.15) is 0 Å². The summed E-state index contributed by atoms with van der Waals surface area (Å²) in [6, 6.07) is 11.5. The average molecular weight is 453 g/mol. The largest absolute Gasteiger partial charge is 0.494 e. The summed E-state index contributed by atoms with van der Waals surface area (Å²) in [5.41, 5.74) is 2.69. The third-order valence-corrected chi connectivity index (χ3v) is 6.19. The van der Waals surface area contributed by atoms with E-state index in [1.807, 2.05) is 41.8 Å². The minimum atomic E-state index is -0.137. The Kier molecular flexibility index (Phi) is 7.82. The van der Waals surface area contributed by atoms with Gasteiger partial charge in [0, 0.05) is 43.0 Å². The van der Waals surface area contributed by atoms with Crippen LogP contribution in [0.5, 0.6) is 5.75 Å². The molecule has 1 saturated heterocycles. The van der Waals surface area contributed by atoms with E-state index in [1.54, 1.807) is 12.4 Å². The van der Waals surface area contributed by atoms with Gasteiger partial charge in [-0.25, -0.2) is 4.98 Å². The number of rotatable bonds is 9. The van der Waals surface area contributed by atoms with E-state index >= 15 is 0 Å². The Balaban J connectivity index is 1.22. The van der Waals surface area contributed by atoms with Crippen molar-refractivity contribution in [2.45, 2.75) is 31.8 Å². The van der Waals surface area contributed by atoms with Crippen LogP contribution in [0.4, 0.5) is 5.13 Å². The normalized spacial score (nSPS) is 14.9. The predicted molar refractivity (Wildman–Crippen MR) is 126 cm³/mol. The van der Waals surface area contributed by atoms with Crippen LogP contribution in [0.2, 0.25) is 0 Å². The molecule has 0 spiro atoms. The minimum absolute atomic E-state index is 0.106. The second-order valence-electron chi connectivity index (χ2n) is 7.92. The Bertz CT molecular complexity index is 1000. The molecule has 0 atom stereocenters. The third kappa shape index (κ3) is 6.59. The molecule has 0 bridgehead atoms. The van der Waals surface area contributed by atoms with Gasteiger partial charge in [-0.1, -0.05) is 12.1 Å². The topological polar surface area (TPSA) is 87.6 Å². The van der Waals surface area contributed by atoms with Gasteiger partial charge in [0.25, 0.3) is 0 Å². The molecule has 32 heavy (non-hydrogen) atoms. The molecule has 1 aliphatic rings. The number of nitrogens with zero attached hydrogens (tertiary/aromatic N) is 3. The minimum Gasteiger partial charge on any atom is -0.494 e. The van der Waals surface area contributed by atoms with Crippen molar-refractivity contribution in [3.8, 4) is 17.0 Å². The monoisotopic (exact) mass is 452 g/mol. The van der Waals surface area contributed by atoms with Gasteiger partial charge in [-0.15, -0.1) is 11.3 Å². The van der Waals surface area contributed by atoms with Crippen LogP contribution in [0, 0.1) is 0 Å². The molecule has 2 N–H and O–H groups in total. The van der Waals surface area contributed by atoms with E-state index < -0.39 is 0 Å². The van der Waals surface area contributed by atoms with Gasteiger partial charge < -0.3 is 20.1 Å². The van der Waals surface area contributed by atoms with Crippen LogP contribution >= 0.6 is 11.3 Å². The lowest BCUT2D eigenvalue weighted by atomic mass is 10.1. The Hall–Kier alpha value is -2.81. The predicted octanol–water partition coefficient (Wildman–Crippen LogP) is 3.61. The molecule has 1 amide bonds. The number of pyridine rings is 1. The van der Waals surface area contributed by atoms with Crippen molar-refractivity contribution in [3.05, 3.63) is 59.7 Å². The number of benzene rings is 1. The summed E-state index contributed by atoms with van der Waals surface area (Å²) in [5.74, 6) is 0.670. The lowest BCUT2D eigenvalue weighted by molar-refractivity contribution is -0.115. The summed E-state index contributed by atoms with van der Waals surface area (Å²) in [6.45, 7) is 3.51. The highest BCUT2D eigenvalue weighted by Crippen LogP contribution is 2.24. The van der Waals surface area contributed by atoms with Crippen LogP contribution < -0.4 is 10.1 Å². The molecular weight excluding hydrogens is 424 g/mol. The third-order valence-electron chi connectivity index (χ3n) is 5.43. The summed E-state index contributed by atoms with van der Waals surface area (Å²) < 4.78 is 5.89. The molecule has 4 rings (SSSR count). The van der Waals surface area contributed by atoms with Crippen LogP contribution in [0.3, 0.4) is 0 Å². The Morgan fingerprint density at radius 3 is 2.84 bits per heavy atom. The molecule has 7 nitrogen and oxygen atoms in total. The molecule has 0 radical (unpaired) electrons. The lowest BCUT2D eigenvalue weighted by Gasteiger charge is -2.29. The first-order chi connectivity index (χ1) is 15.7. The number of carbonyl (C=O) groups is 1. The first kappa shape index (κ1) is 22.4. The van der Waals surface area contributed by atoms with Crippen molar-refractivity contribution in [2.24, 2.45) is 0 Å². The number of hydrogen-bond acceptors (Lipinski definition) is 7. The first-order valence-corrected chi connectivity index (χ1v) is 11.8. The molecule has 168 valence electrons. The second kappa shape index (κ2) is 11.2. The highest BCUT2D eigenvalue weighted by atomic mass is 32.1. The van der Waals surface area contributed by atoms with Crippen molar-refractivity contribution in [3.63, 3.8) is 0 Å². The van der Waals surface area contributed by atoms with Crippen molar-refractivity contribution in [1.29, 1.82) is 0 Å². The maximum Gasteiger partial charge on any atom is 0.230 e. The molecule has 8 heteroatoms. The molecule has 1 aliphatic heterocycles. The summed E-state index contributed by atoms with van der Waals surface area (Å²) in [5, 5.41) is 15.0. The van der Waals surface area contributed by atoms with E-state index in [4.69, 9.17) is 4.74 Å². The van der Waals surface area contributed by atoms with Crippen molar-refractivity contribution in [2.75, 3.05) is 31.6 Å². The van der Waals surface area contributed by atoms with Crippen LogP contribution in [0.25, 0.3) is 11.3 Å². The first-order valence-electron chi connectivity index (χ1n) is 10.9. The number of nitrogens with one attached hydrogen (secondary N) is 1.